The highest BCUT2D eigenvalue weighted by atomic mass is 19.1. The minimum Gasteiger partial charge on any atom is -0.368 e. The van der Waals surface area contributed by atoms with Gasteiger partial charge in [0, 0.05) is 43.5 Å². The Kier molecular flexibility index (Phi) is 7.04. The van der Waals surface area contributed by atoms with Crippen LogP contribution in [-0.2, 0) is 16.0 Å². The van der Waals surface area contributed by atoms with Crippen LogP contribution in [-0.4, -0.2) is 53.4 Å². The molecule has 1 saturated heterocycles. The molecule has 1 aliphatic rings. The van der Waals surface area contributed by atoms with Gasteiger partial charge >= 0.3 is 0 Å². The molecule has 2 aromatic heterocycles. The molecule has 1 atom stereocenters. The van der Waals surface area contributed by atoms with Gasteiger partial charge in [-0.15, -0.1) is 0 Å². The van der Waals surface area contributed by atoms with Crippen molar-refractivity contribution in [3.63, 3.8) is 0 Å². The van der Waals surface area contributed by atoms with Gasteiger partial charge in [-0.05, 0) is 30.2 Å². The first kappa shape index (κ1) is 22.5. The molecule has 3 aromatic rings. The van der Waals surface area contributed by atoms with Gasteiger partial charge in [0.2, 0.25) is 5.91 Å². The number of morpholine rings is 1. The Balaban J connectivity index is 1.37. The predicted molar refractivity (Wildman–Crippen MR) is 121 cm³/mol. The lowest BCUT2D eigenvalue weighted by molar-refractivity contribution is -0.139. The molecule has 0 aliphatic carbocycles. The van der Waals surface area contributed by atoms with Crippen LogP contribution >= 0.6 is 0 Å². The van der Waals surface area contributed by atoms with Crippen LogP contribution < -0.4 is 5.32 Å². The fourth-order valence-corrected chi connectivity index (χ4v) is 3.75. The fourth-order valence-electron chi connectivity index (χ4n) is 3.75. The van der Waals surface area contributed by atoms with E-state index < -0.39 is 0 Å². The van der Waals surface area contributed by atoms with Gasteiger partial charge in [-0.1, -0.05) is 30.3 Å². The molecule has 0 bridgehead atoms. The lowest BCUT2D eigenvalue weighted by Gasteiger charge is -2.32. The third-order valence-corrected chi connectivity index (χ3v) is 5.66. The molecule has 0 unspecified atom stereocenters. The van der Waals surface area contributed by atoms with Gasteiger partial charge in [0.25, 0.3) is 5.91 Å². The Labute approximate surface area is 191 Å². The van der Waals surface area contributed by atoms with E-state index in [1.165, 1.54) is 6.07 Å². The normalized spacial score (nSPS) is 15.8. The number of ether oxygens (including phenoxy) is 1. The van der Waals surface area contributed by atoms with Gasteiger partial charge in [-0.2, -0.15) is 0 Å². The zero-order valence-corrected chi connectivity index (χ0v) is 18.3. The monoisotopic (exact) mass is 448 g/mol. The predicted octanol–water partition coefficient (Wildman–Crippen LogP) is 3.18. The molecule has 33 heavy (non-hydrogen) atoms. The number of carbonyl (C=O) groups is 2. The molecular formula is C25H25FN4O3. The number of nitrogens with one attached hydrogen (secondary N) is 1. The Bertz CT molecular complexity index is 1120. The van der Waals surface area contributed by atoms with E-state index in [9.17, 15) is 14.0 Å². The third-order valence-electron chi connectivity index (χ3n) is 5.66. The summed E-state index contributed by atoms with van der Waals surface area (Å²) in [6, 6.07) is 13.8. The average Bonchev–Trinajstić information content (AvgIpc) is 2.88. The number of benzene rings is 1. The van der Waals surface area contributed by atoms with E-state index in [-0.39, 0.29) is 30.2 Å². The summed E-state index contributed by atoms with van der Waals surface area (Å²) in [7, 11) is 1.56. The number of hydrogen-bond donors (Lipinski definition) is 1. The van der Waals surface area contributed by atoms with Gasteiger partial charge in [0.1, 0.15) is 17.6 Å². The zero-order chi connectivity index (χ0) is 23.2. The summed E-state index contributed by atoms with van der Waals surface area (Å²) >= 11 is 0. The SMILES string of the molecule is CNC(=O)c1ccc(-c2ccc([C@H]3CN(C(=O)CCc4ccccc4F)CCO3)nc2)cn1. The van der Waals surface area contributed by atoms with Crippen molar-refractivity contribution in [1.82, 2.24) is 20.2 Å². The Morgan fingerprint density at radius 3 is 2.52 bits per heavy atom. The summed E-state index contributed by atoms with van der Waals surface area (Å²) in [5.74, 6) is -0.546. The fraction of sp³-hybridized carbons (Fsp3) is 0.280. The largest absolute Gasteiger partial charge is 0.368 e. The van der Waals surface area contributed by atoms with E-state index in [1.54, 1.807) is 48.6 Å². The van der Waals surface area contributed by atoms with Crippen molar-refractivity contribution < 1.29 is 18.7 Å². The van der Waals surface area contributed by atoms with E-state index in [1.807, 2.05) is 18.2 Å². The molecule has 1 aromatic carbocycles. The zero-order valence-electron chi connectivity index (χ0n) is 18.3. The number of aromatic nitrogens is 2. The van der Waals surface area contributed by atoms with Crippen molar-refractivity contribution in [3.8, 4) is 11.1 Å². The van der Waals surface area contributed by atoms with E-state index in [4.69, 9.17) is 4.74 Å². The molecule has 1 N–H and O–H groups in total. The van der Waals surface area contributed by atoms with Crippen LogP contribution in [0.4, 0.5) is 4.39 Å². The second-order valence-corrected chi connectivity index (χ2v) is 7.77. The number of hydrogen-bond acceptors (Lipinski definition) is 5. The Morgan fingerprint density at radius 2 is 1.85 bits per heavy atom. The first-order valence-electron chi connectivity index (χ1n) is 10.8. The second-order valence-electron chi connectivity index (χ2n) is 7.77. The number of halogens is 1. The molecule has 170 valence electrons. The smallest absolute Gasteiger partial charge is 0.269 e. The van der Waals surface area contributed by atoms with Crippen LogP contribution in [0.2, 0.25) is 0 Å². The average molecular weight is 448 g/mol. The minimum atomic E-state index is -0.320. The summed E-state index contributed by atoms with van der Waals surface area (Å²) in [5.41, 5.74) is 3.34. The molecule has 0 radical (unpaired) electrons. The van der Waals surface area contributed by atoms with Crippen LogP contribution in [0.25, 0.3) is 11.1 Å². The number of pyridine rings is 2. The second kappa shape index (κ2) is 10.3. The van der Waals surface area contributed by atoms with Crippen LogP contribution in [0.3, 0.4) is 0 Å². The van der Waals surface area contributed by atoms with Gasteiger partial charge in [-0.3, -0.25) is 19.6 Å². The molecule has 7 nitrogen and oxygen atoms in total. The van der Waals surface area contributed by atoms with Crippen molar-refractivity contribution in [2.24, 2.45) is 0 Å². The summed E-state index contributed by atoms with van der Waals surface area (Å²) < 4.78 is 19.7. The lowest BCUT2D eigenvalue weighted by atomic mass is 10.1. The molecule has 3 heterocycles. The van der Waals surface area contributed by atoms with E-state index >= 15 is 0 Å². The summed E-state index contributed by atoms with van der Waals surface area (Å²) in [4.78, 5) is 34.8. The number of amides is 2. The summed E-state index contributed by atoms with van der Waals surface area (Å²) in [6.07, 6.45) is 3.66. The molecule has 2 amide bonds. The maximum atomic E-state index is 13.8. The lowest BCUT2D eigenvalue weighted by Crippen LogP contribution is -2.42. The topological polar surface area (TPSA) is 84.4 Å². The van der Waals surface area contributed by atoms with Gasteiger partial charge < -0.3 is 15.0 Å². The highest BCUT2D eigenvalue weighted by Crippen LogP contribution is 2.24. The maximum Gasteiger partial charge on any atom is 0.269 e. The Hall–Kier alpha value is -3.65. The highest BCUT2D eigenvalue weighted by molar-refractivity contribution is 5.92. The third kappa shape index (κ3) is 5.40. The van der Waals surface area contributed by atoms with Crippen LogP contribution in [0.1, 0.15) is 34.3 Å². The summed E-state index contributed by atoms with van der Waals surface area (Å²) in [5, 5.41) is 2.54. The molecule has 1 aliphatic heterocycles. The standard InChI is InChI=1S/C25H25FN4O3/c1-27-25(32)22-10-7-19(15-29-22)18-6-9-21(28-14-18)23-16-30(12-13-33-23)24(31)11-8-17-4-2-3-5-20(17)26/h2-7,9-10,14-15,23H,8,11-13,16H2,1H3,(H,27,32)/t23-/m1/s1. The number of rotatable bonds is 6. The van der Waals surface area contributed by atoms with Crippen molar-refractivity contribution in [3.05, 3.63) is 83.7 Å². The number of aryl methyl sites for hydroxylation is 1. The number of nitrogens with zero attached hydrogens (tertiary/aromatic N) is 3. The van der Waals surface area contributed by atoms with Crippen molar-refractivity contribution in [2.45, 2.75) is 18.9 Å². The molecule has 4 rings (SSSR count). The van der Waals surface area contributed by atoms with Crippen LogP contribution in [0, 0.1) is 5.82 Å². The minimum absolute atomic E-state index is 0.0227. The van der Waals surface area contributed by atoms with Crippen molar-refractivity contribution in [2.75, 3.05) is 26.7 Å². The van der Waals surface area contributed by atoms with Crippen LogP contribution in [0.5, 0.6) is 0 Å². The molecule has 1 fully saturated rings. The quantitative estimate of drug-likeness (QED) is 0.626. The highest BCUT2D eigenvalue weighted by Gasteiger charge is 2.26. The first-order chi connectivity index (χ1) is 16.0. The molecular weight excluding hydrogens is 423 g/mol. The van der Waals surface area contributed by atoms with Gasteiger partial charge in [0.05, 0.1) is 18.8 Å². The van der Waals surface area contributed by atoms with E-state index in [0.29, 0.717) is 37.4 Å². The maximum absolute atomic E-state index is 13.8. The first-order valence-corrected chi connectivity index (χ1v) is 10.8. The van der Waals surface area contributed by atoms with E-state index in [2.05, 4.69) is 15.3 Å². The van der Waals surface area contributed by atoms with Gasteiger partial charge in [0.15, 0.2) is 0 Å². The molecule has 0 spiro atoms. The Morgan fingerprint density at radius 1 is 1.09 bits per heavy atom. The van der Waals surface area contributed by atoms with Gasteiger partial charge in [-0.25, -0.2) is 4.39 Å². The van der Waals surface area contributed by atoms with Crippen molar-refractivity contribution in [1.29, 1.82) is 0 Å². The van der Waals surface area contributed by atoms with Crippen molar-refractivity contribution >= 4 is 11.8 Å². The van der Waals surface area contributed by atoms with Crippen LogP contribution in [0.15, 0.2) is 60.9 Å². The summed E-state index contributed by atoms with van der Waals surface area (Å²) in [6.45, 7) is 1.34. The number of carbonyl (C=O) groups excluding carboxylic acids is 2. The molecule has 8 heteroatoms. The molecule has 0 saturated carbocycles. The van der Waals surface area contributed by atoms with E-state index in [0.717, 1.165) is 16.8 Å².